The number of aromatic amines is 1. The number of amides is 1. The lowest BCUT2D eigenvalue weighted by molar-refractivity contribution is 0.0425. The first-order valence-electron chi connectivity index (χ1n) is 10.9. The molecule has 0 radical (unpaired) electrons. The van der Waals surface area contributed by atoms with Crippen molar-refractivity contribution in [2.45, 2.75) is 63.5 Å². The summed E-state index contributed by atoms with van der Waals surface area (Å²) in [6, 6.07) is 0.788. The van der Waals surface area contributed by atoms with Crippen LogP contribution in [-0.2, 0) is 4.74 Å². The molecule has 1 aromatic rings. The Morgan fingerprint density at radius 3 is 2.57 bits per heavy atom. The second-order valence-electron chi connectivity index (χ2n) is 8.56. The van der Waals surface area contributed by atoms with Gasteiger partial charge in [-0.2, -0.15) is 0 Å². The summed E-state index contributed by atoms with van der Waals surface area (Å²) in [7, 11) is 0. The molecule has 3 heterocycles. The number of carbonyl (C=O) groups excluding carboxylic acids is 1. The first-order chi connectivity index (χ1) is 13.7. The smallest absolute Gasteiger partial charge is 0.274 e. The van der Waals surface area contributed by atoms with Crippen LogP contribution in [0.3, 0.4) is 0 Å². The van der Waals surface area contributed by atoms with Crippen LogP contribution in [0.4, 0.5) is 0 Å². The molecule has 7 nitrogen and oxygen atoms in total. The molecule has 7 heteroatoms. The maximum atomic E-state index is 13.1. The van der Waals surface area contributed by atoms with E-state index >= 15 is 0 Å². The predicted molar refractivity (Wildman–Crippen MR) is 106 cm³/mol. The van der Waals surface area contributed by atoms with E-state index in [1.54, 1.807) is 0 Å². The van der Waals surface area contributed by atoms with Gasteiger partial charge in [0, 0.05) is 31.9 Å². The predicted octanol–water partition coefficient (Wildman–Crippen LogP) is 2.05. The van der Waals surface area contributed by atoms with Crippen molar-refractivity contribution < 1.29 is 9.53 Å². The third kappa shape index (κ3) is 4.81. The molecule has 0 aromatic carbocycles. The summed E-state index contributed by atoms with van der Waals surface area (Å²) in [5, 5.41) is 0. The summed E-state index contributed by atoms with van der Waals surface area (Å²) >= 11 is 0. The normalized spacial score (nSPS) is 24.6. The molecular weight excluding hydrogens is 356 g/mol. The average Bonchev–Trinajstić information content (AvgIpc) is 3.42. The highest BCUT2D eigenvalue weighted by Gasteiger charge is 2.30. The topological polar surface area (TPSA) is 78.5 Å². The van der Waals surface area contributed by atoms with E-state index in [2.05, 4.69) is 14.9 Å². The maximum absolute atomic E-state index is 13.1. The van der Waals surface area contributed by atoms with Gasteiger partial charge < -0.3 is 19.5 Å². The minimum Gasteiger partial charge on any atom is -0.376 e. The molecule has 0 bridgehead atoms. The molecule has 4 rings (SSSR count). The van der Waals surface area contributed by atoms with Crippen molar-refractivity contribution in [3.63, 3.8) is 0 Å². The molecule has 2 aliphatic heterocycles. The second-order valence-corrected chi connectivity index (χ2v) is 8.56. The fraction of sp³-hybridized carbons (Fsp3) is 0.762. The van der Waals surface area contributed by atoms with E-state index in [1.165, 1.54) is 38.1 Å². The van der Waals surface area contributed by atoms with Gasteiger partial charge in [0.1, 0.15) is 5.69 Å². The van der Waals surface area contributed by atoms with E-state index in [4.69, 9.17) is 4.74 Å². The molecule has 1 amide bonds. The van der Waals surface area contributed by atoms with Crippen LogP contribution in [0.5, 0.6) is 0 Å². The lowest BCUT2D eigenvalue weighted by Gasteiger charge is -2.38. The van der Waals surface area contributed by atoms with Gasteiger partial charge in [-0.25, -0.2) is 4.98 Å². The molecule has 3 fully saturated rings. The number of nitrogens with zero attached hydrogens (tertiary/aromatic N) is 3. The number of nitrogens with one attached hydrogen (secondary N) is 1. The standard InChI is InChI=1S/C21H32N4O3/c26-20-13-22-19(12-23-20)21(27)25(15-18-6-3-11-28-18)14-16-7-9-24(10-8-16)17-4-1-2-5-17/h12-13,16-18H,1-11,14-15H2,(H,23,26). The van der Waals surface area contributed by atoms with Crippen LogP contribution < -0.4 is 5.56 Å². The number of ether oxygens (including phenoxy) is 1. The zero-order valence-corrected chi connectivity index (χ0v) is 16.6. The third-order valence-electron chi connectivity index (χ3n) is 6.60. The lowest BCUT2D eigenvalue weighted by atomic mass is 9.94. The van der Waals surface area contributed by atoms with E-state index in [1.807, 2.05) is 4.90 Å². The zero-order valence-electron chi connectivity index (χ0n) is 16.6. The molecule has 0 spiro atoms. The minimum atomic E-state index is -0.290. The quantitative estimate of drug-likeness (QED) is 0.807. The van der Waals surface area contributed by atoms with Crippen molar-refractivity contribution in [1.82, 2.24) is 19.8 Å². The SMILES string of the molecule is O=C(c1c[nH]c(=O)cn1)N(CC1CCN(C2CCCC2)CC1)CC1CCCO1. The fourth-order valence-corrected chi connectivity index (χ4v) is 4.98. The molecule has 3 aliphatic rings. The van der Waals surface area contributed by atoms with Crippen LogP contribution in [-0.4, -0.2) is 70.6 Å². The number of hydrogen-bond donors (Lipinski definition) is 1. The Balaban J connectivity index is 1.38. The molecule has 1 saturated carbocycles. The van der Waals surface area contributed by atoms with Crippen molar-refractivity contribution in [3.8, 4) is 0 Å². The van der Waals surface area contributed by atoms with Crippen LogP contribution in [0.25, 0.3) is 0 Å². The largest absolute Gasteiger partial charge is 0.376 e. The van der Waals surface area contributed by atoms with Gasteiger partial charge in [0.25, 0.3) is 11.5 Å². The Morgan fingerprint density at radius 1 is 1.14 bits per heavy atom. The molecular formula is C21H32N4O3. The van der Waals surface area contributed by atoms with Gasteiger partial charge in [-0.1, -0.05) is 12.8 Å². The molecule has 28 heavy (non-hydrogen) atoms. The Hall–Kier alpha value is -1.73. The summed E-state index contributed by atoms with van der Waals surface area (Å²) in [4.78, 5) is 35.5. The zero-order chi connectivity index (χ0) is 19.3. The van der Waals surface area contributed by atoms with Gasteiger partial charge in [-0.05, 0) is 57.5 Å². The third-order valence-corrected chi connectivity index (χ3v) is 6.60. The van der Waals surface area contributed by atoms with E-state index < -0.39 is 0 Å². The highest BCUT2D eigenvalue weighted by Crippen LogP contribution is 2.28. The van der Waals surface area contributed by atoms with Crippen LogP contribution in [0.1, 0.15) is 61.9 Å². The fourth-order valence-electron chi connectivity index (χ4n) is 4.98. The van der Waals surface area contributed by atoms with Gasteiger partial charge >= 0.3 is 0 Å². The summed E-state index contributed by atoms with van der Waals surface area (Å²) in [5.74, 6) is 0.413. The first-order valence-corrected chi connectivity index (χ1v) is 10.9. The van der Waals surface area contributed by atoms with Crippen molar-refractivity contribution in [3.05, 3.63) is 28.4 Å². The number of H-pyrrole nitrogens is 1. The van der Waals surface area contributed by atoms with Crippen LogP contribution >= 0.6 is 0 Å². The summed E-state index contributed by atoms with van der Waals surface area (Å²) in [6.07, 6.45) is 12.5. The number of rotatable bonds is 6. The van der Waals surface area contributed by atoms with Crippen molar-refractivity contribution in [2.75, 3.05) is 32.8 Å². The molecule has 1 unspecified atom stereocenters. The second kappa shape index (κ2) is 9.18. The van der Waals surface area contributed by atoms with Gasteiger partial charge in [-0.3, -0.25) is 9.59 Å². The number of hydrogen-bond acceptors (Lipinski definition) is 5. The van der Waals surface area contributed by atoms with Crippen molar-refractivity contribution in [1.29, 1.82) is 0 Å². The number of carbonyl (C=O) groups is 1. The summed E-state index contributed by atoms with van der Waals surface area (Å²) in [6.45, 7) is 4.44. The monoisotopic (exact) mass is 388 g/mol. The molecule has 154 valence electrons. The lowest BCUT2D eigenvalue weighted by Crippen LogP contribution is -2.45. The van der Waals surface area contributed by atoms with Gasteiger partial charge in [0.05, 0.1) is 12.3 Å². The molecule has 2 saturated heterocycles. The first kappa shape index (κ1) is 19.6. The van der Waals surface area contributed by atoms with Crippen LogP contribution in [0, 0.1) is 5.92 Å². The Labute approximate surface area is 166 Å². The van der Waals surface area contributed by atoms with Crippen molar-refractivity contribution in [2.24, 2.45) is 5.92 Å². The Morgan fingerprint density at radius 2 is 1.93 bits per heavy atom. The Bertz CT molecular complexity index is 681. The minimum absolute atomic E-state index is 0.107. The molecule has 1 aliphatic carbocycles. The van der Waals surface area contributed by atoms with Crippen LogP contribution in [0.2, 0.25) is 0 Å². The number of aromatic nitrogens is 2. The van der Waals surface area contributed by atoms with Gasteiger partial charge in [-0.15, -0.1) is 0 Å². The van der Waals surface area contributed by atoms with Crippen LogP contribution in [0.15, 0.2) is 17.2 Å². The van der Waals surface area contributed by atoms with Gasteiger partial charge in [0.2, 0.25) is 0 Å². The van der Waals surface area contributed by atoms with E-state index in [0.29, 0.717) is 18.2 Å². The number of piperidine rings is 1. The summed E-state index contributed by atoms with van der Waals surface area (Å²) in [5.41, 5.74) is 0.0162. The molecule has 1 aromatic heterocycles. The van der Waals surface area contributed by atoms with Gasteiger partial charge in [0.15, 0.2) is 0 Å². The highest BCUT2D eigenvalue weighted by atomic mass is 16.5. The van der Waals surface area contributed by atoms with E-state index in [0.717, 1.165) is 58.0 Å². The van der Waals surface area contributed by atoms with E-state index in [-0.39, 0.29) is 17.6 Å². The molecule has 1 N–H and O–H groups in total. The van der Waals surface area contributed by atoms with E-state index in [9.17, 15) is 9.59 Å². The average molecular weight is 389 g/mol. The number of likely N-dealkylation sites (tertiary alicyclic amines) is 1. The van der Waals surface area contributed by atoms with Crippen molar-refractivity contribution >= 4 is 5.91 Å². The highest BCUT2D eigenvalue weighted by molar-refractivity contribution is 5.92. The molecule has 1 atom stereocenters. The Kier molecular flexibility index (Phi) is 6.42. The summed E-state index contributed by atoms with van der Waals surface area (Å²) < 4.78 is 5.78. The maximum Gasteiger partial charge on any atom is 0.274 e.